The Labute approximate surface area is 110 Å². The lowest BCUT2D eigenvalue weighted by Gasteiger charge is -2.06. The molecule has 0 saturated heterocycles. The summed E-state index contributed by atoms with van der Waals surface area (Å²) in [6.07, 6.45) is 4.85. The number of nitrogens with one attached hydrogen (secondary N) is 1. The van der Waals surface area contributed by atoms with Crippen molar-refractivity contribution in [2.75, 3.05) is 0 Å². The minimum Gasteiger partial charge on any atom is -0.310 e. The fraction of sp³-hybridized carbons (Fsp3) is 0.357. The zero-order chi connectivity index (χ0) is 12.4. The van der Waals surface area contributed by atoms with Gasteiger partial charge < -0.3 is 5.32 Å². The molecule has 2 aromatic rings. The van der Waals surface area contributed by atoms with Gasteiger partial charge in [-0.2, -0.15) is 0 Å². The number of nitrogens with zero attached hydrogens (tertiary/aromatic N) is 1. The molecule has 3 rings (SSSR count). The van der Waals surface area contributed by atoms with E-state index in [4.69, 9.17) is 0 Å². The summed E-state index contributed by atoms with van der Waals surface area (Å²) in [6, 6.07) is 6.17. The molecule has 1 aliphatic rings. The van der Waals surface area contributed by atoms with Crippen LogP contribution >= 0.6 is 11.3 Å². The number of benzene rings is 1. The van der Waals surface area contributed by atoms with Crippen molar-refractivity contribution in [1.82, 2.24) is 10.3 Å². The summed E-state index contributed by atoms with van der Waals surface area (Å²) in [7, 11) is 0. The zero-order valence-electron chi connectivity index (χ0n) is 10.0. The smallest absolute Gasteiger partial charge is 0.127 e. The van der Waals surface area contributed by atoms with Gasteiger partial charge in [-0.15, -0.1) is 11.3 Å². The van der Waals surface area contributed by atoms with Crippen molar-refractivity contribution in [1.29, 1.82) is 0 Å². The van der Waals surface area contributed by atoms with Crippen LogP contribution in [0.1, 0.15) is 29.0 Å². The van der Waals surface area contributed by atoms with Gasteiger partial charge in [0.15, 0.2) is 0 Å². The second kappa shape index (κ2) is 5.16. The van der Waals surface area contributed by atoms with E-state index in [1.807, 2.05) is 17.5 Å². The second-order valence-corrected chi connectivity index (χ2v) is 5.66. The van der Waals surface area contributed by atoms with Gasteiger partial charge >= 0.3 is 0 Å². The third-order valence-electron chi connectivity index (χ3n) is 3.11. The highest BCUT2D eigenvalue weighted by atomic mass is 32.1. The molecule has 1 fully saturated rings. The van der Waals surface area contributed by atoms with Gasteiger partial charge in [-0.25, -0.2) is 9.37 Å². The van der Waals surface area contributed by atoms with Crippen molar-refractivity contribution in [3.05, 3.63) is 51.7 Å². The first-order chi connectivity index (χ1) is 8.81. The fourth-order valence-electron chi connectivity index (χ4n) is 1.90. The topological polar surface area (TPSA) is 24.9 Å². The number of thiazole rings is 1. The summed E-state index contributed by atoms with van der Waals surface area (Å²) in [4.78, 5) is 4.18. The van der Waals surface area contributed by atoms with E-state index in [0.717, 1.165) is 22.7 Å². The molecule has 0 aliphatic heterocycles. The first kappa shape index (κ1) is 11.8. The monoisotopic (exact) mass is 262 g/mol. The molecular weight excluding hydrogens is 247 g/mol. The highest BCUT2D eigenvalue weighted by Gasteiger charge is 2.20. The molecule has 0 radical (unpaired) electrons. The quantitative estimate of drug-likeness (QED) is 0.895. The van der Waals surface area contributed by atoms with Crippen LogP contribution in [0, 0.1) is 5.82 Å². The van der Waals surface area contributed by atoms with Crippen LogP contribution in [-0.4, -0.2) is 11.0 Å². The molecule has 4 heteroatoms. The molecular formula is C14H15FN2S. The van der Waals surface area contributed by atoms with E-state index >= 15 is 0 Å². The Hall–Kier alpha value is -1.26. The van der Waals surface area contributed by atoms with E-state index in [9.17, 15) is 4.39 Å². The van der Waals surface area contributed by atoms with Gasteiger partial charge in [-0.1, -0.05) is 12.1 Å². The van der Waals surface area contributed by atoms with Crippen LogP contribution in [0.25, 0.3) is 0 Å². The maximum atomic E-state index is 13.9. The fourth-order valence-corrected chi connectivity index (χ4v) is 2.54. The molecule has 1 N–H and O–H groups in total. The SMILES string of the molecule is Fc1cc(CNC2CC2)ccc1Cc1nccs1. The van der Waals surface area contributed by atoms with E-state index in [1.54, 1.807) is 23.6 Å². The van der Waals surface area contributed by atoms with Crippen molar-refractivity contribution in [2.24, 2.45) is 0 Å². The van der Waals surface area contributed by atoms with Crippen LogP contribution in [0.2, 0.25) is 0 Å². The first-order valence-corrected chi connectivity index (χ1v) is 7.08. The van der Waals surface area contributed by atoms with Gasteiger partial charge in [0, 0.05) is 30.6 Å². The summed E-state index contributed by atoms with van der Waals surface area (Å²) in [5.74, 6) is -0.125. The molecule has 0 atom stereocenters. The molecule has 1 aliphatic carbocycles. The molecule has 1 saturated carbocycles. The van der Waals surface area contributed by atoms with E-state index < -0.39 is 0 Å². The van der Waals surface area contributed by atoms with Crippen LogP contribution in [-0.2, 0) is 13.0 Å². The van der Waals surface area contributed by atoms with Gasteiger partial charge in [0.2, 0.25) is 0 Å². The molecule has 2 nitrogen and oxygen atoms in total. The van der Waals surface area contributed by atoms with Crippen LogP contribution in [0.15, 0.2) is 29.8 Å². The highest BCUT2D eigenvalue weighted by molar-refractivity contribution is 7.09. The van der Waals surface area contributed by atoms with E-state index in [0.29, 0.717) is 12.5 Å². The van der Waals surface area contributed by atoms with Gasteiger partial charge in [0.1, 0.15) is 5.82 Å². The summed E-state index contributed by atoms with van der Waals surface area (Å²) >= 11 is 1.56. The van der Waals surface area contributed by atoms with Crippen molar-refractivity contribution >= 4 is 11.3 Å². The van der Waals surface area contributed by atoms with Crippen molar-refractivity contribution in [3.8, 4) is 0 Å². The number of hydrogen-bond donors (Lipinski definition) is 1. The molecule has 0 unspecified atom stereocenters. The zero-order valence-corrected chi connectivity index (χ0v) is 10.8. The van der Waals surface area contributed by atoms with Gasteiger partial charge in [-0.05, 0) is 30.0 Å². The standard InChI is InChI=1S/C14H15FN2S/c15-13-7-10(9-17-12-3-4-12)1-2-11(13)8-14-16-5-6-18-14/h1-2,5-7,12,17H,3-4,8-9H2. The van der Waals surface area contributed by atoms with Crippen molar-refractivity contribution < 1.29 is 4.39 Å². The van der Waals surface area contributed by atoms with Crippen LogP contribution in [0.4, 0.5) is 4.39 Å². The largest absolute Gasteiger partial charge is 0.310 e. The van der Waals surface area contributed by atoms with Crippen LogP contribution < -0.4 is 5.32 Å². The number of aromatic nitrogens is 1. The average molecular weight is 262 g/mol. The normalized spacial score (nSPS) is 14.9. The highest BCUT2D eigenvalue weighted by Crippen LogP contribution is 2.20. The Kier molecular flexibility index (Phi) is 3.39. The molecule has 18 heavy (non-hydrogen) atoms. The van der Waals surface area contributed by atoms with Crippen molar-refractivity contribution in [2.45, 2.75) is 31.8 Å². The average Bonchev–Trinajstić information content (AvgIpc) is 3.06. The minimum atomic E-state index is -0.125. The molecule has 1 heterocycles. The van der Waals surface area contributed by atoms with Gasteiger partial charge in [0.05, 0.1) is 5.01 Å². The molecule has 1 aromatic heterocycles. The molecule has 0 spiro atoms. The number of halogens is 1. The number of hydrogen-bond acceptors (Lipinski definition) is 3. The van der Waals surface area contributed by atoms with Crippen molar-refractivity contribution in [3.63, 3.8) is 0 Å². The summed E-state index contributed by atoms with van der Waals surface area (Å²) < 4.78 is 13.9. The number of rotatable bonds is 5. The Balaban J connectivity index is 1.67. The lowest BCUT2D eigenvalue weighted by molar-refractivity contribution is 0.606. The Morgan fingerprint density at radius 3 is 2.94 bits per heavy atom. The minimum absolute atomic E-state index is 0.125. The predicted octanol–water partition coefficient (Wildman–Crippen LogP) is 3.13. The molecule has 0 bridgehead atoms. The van der Waals surface area contributed by atoms with Gasteiger partial charge in [0.25, 0.3) is 0 Å². The van der Waals surface area contributed by atoms with Gasteiger partial charge in [-0.3, -0.25) is 0 Å². The predicted molar refractivity (Wildman–Crippen MR) is 71.2 cm³/mol. The Bertz CT molecular complexity index is 521. The summed E-state index contributed by atoms with van der Waals surface area (Å²) in [5.41, 5.74) is 1.74. The first-order valence-electron chi connectivity index (χ1n) is 6.20. The van der Waals surface area contributed by atoms with E-state index in [1.165, 1.54) is 12.8 Å². The van der Waals surface area contributed by atoms with E-state index in [2.05, 4.69) is 10.3 Å². The molecule has 94 valence electrons. The summed E-state index contributed by atoms with van der Waals surface area (Å²) in [6.45, 7) is 0.763. The second-order valence-electron chi connectivity index (χ2n) is 4.68. The lowest BCUT2D eigenvalue weighted by atomic mass is 10.1. The van der Waals surface area contributed by atoms with E-state index in [-0.39, 0.29) is 5.82 Å². The maximum Gasteiger partial charge on any atom is 0.127 e. The van der Waals surface area contributed by atoms with Crippen LogP contribution in [0.5, 0.6) is 0 Å². The molecule has 0 amide bonds. The molecule has 1 aromatic carbocycles. The third-order valence-corrected chi connectivity index (χ3v) is 3.89. The Morgan fingerprint density at radius 2 is 2.28 bits per heavy atom. The summed E-state index contributed by atoms with van der Waals surface area (Å²) in [5, 5.41) is 6.26. The third kappa shape index (κ3) is 2.94. The maximum absolute atomic E-state index is 13.9. The lowest BCUT2D eigenvalue weighted by Crippen LogP contribution is -2.15. The Morgan fingerprint density at radius 1 is 1.39 bits per heavy atom. The van der Waals surface area contributed by atoms with Crippen LogP contribution in [0.3, 0.4) is 0 Å².